The number of halogens is 2. The van der Waals surface area contributed by atoms with Crippen LogP contribution >= 0.6 is 0 Å². The fraction of sp³-hybridized carbons (Fsp3) is 0.303. The number of pyridine rings is 2. The summed E-state index contributed by atoms with van der Waals surface area (Å²) in [6.45, 7) is 12.0. The molecule has 0 radical (unpaired) electrons. The normalized spacial score (nSPS) is 17.5. The summed E-state index contributed by atoms with van der Waals surface area (Å²) >= 11 is 0. The molecule has 1 aromatic carbocycles. The molecular weight excluding hydrogens is 592 g/mol. The van der Waals surface area contributed by atoms with Crippen LogP contribution in [0.15, 0.2) is 60.2 Å². The molecule has 1 saturated heterocycles. The lowest BCUT2D eigenvalue weighted by atomic mass is 10.0. The number of hydrogen-bond acceptors (Lipinski definition) is 8. The molecule has 0 spiro atoms. The highest BCUT2D eigenvalue weighted by molar-refractivity contribution is 5.92. The van der Waals surface area contributed by atoms with E-state index in [0.717, 1.165) is 5.56 Å². The molecule has 0 saturated carbocycles. The Kier molecular flexibility index (Phi) is 6.98. The number of nitrogens with zero attached hydrogens (tertiary/aromatic N) is 9. The molecule has 1 fully saturated rings. The van der Waals surface area contributed by atoms with Gasteiger partial charge in [0.05, 0.1) is 39.9 Å². The second kappa shape index (κ2) is 10.9. The van der Waals surface area contributed by atoms with E-state index in [4.69, 9.17) is 4.98 Å². The zero-order chi connectivity index (χ0) is 32.4. The molecule has 234 valence electrons. The fourth-order valence-electron chi connectivity index (χ4n) is 6.51. The lowest BCUT2D eigenvalue weighted by Gasteiger charge is -2.44. The van der Waals surface area contributed by atoms with Crippen LogP contribution in [-0.4, -0.2) is 70.5 Å². The maximum Gasteiger partial charge on any atom is 0.355 e. The third-order valence-corrected chi connectivity index (χ3v) is 8.71. The predicted octanol–water partition coefficient (Wildman–Crippen LogP) is 4.34. The quantitative estimate of drug-likeness (QED) is 0.268. The number of amides is 1. The van der Waals surface area contributed by atoms with Crippen molar-refractivity contribution in [2.24, 2.45) is 0 Å². The summed E-state index contributed by atoms with van der Waals surface area (Å²) in [5.74, 6) is -1.60. The first-order chi connectivity index (χ1) is 22.1. The van der Waals surface area contributed by atoms with Gasteiger partial charge in [0.1, 0.15) is 17.3 Å². The van der Waals surface area contributed by atoms with Crippen molar-refractivity contribution in [3.63, 3.8) is 0 Å². The van der Waals surface area contributed by atoms with Gasteiger partial charge in [0, 0.05) is 37.8 Å². The third-order valence-electron chi connectivity index (χ3n) is 8.71. The van der Waals surface area contributed by atoms with Gasteiger partial charge in [0.15, 0.2) is 11.5 Å². The van der Waals surface area contributed by atoms with Gasteiger partial charge in [-0.05, 0) is 55.7 Å². The van der Waals surface area contributed by atoms with E-state index in [-0.39, 0.29) is 64.1 Å². The van der Waals surface area contributed by atoms with Crippen molar-refractivity contribution in [2.75, 3.05) is 18.0 Å². The minimum Gasteiger partial charge on any atom is -0.349 e. The van der Waals surface area contributed by atoms with Crippen molar-refractivity contribution < 1.29 is 13.6 Å². The molecule has 2 atom stereocenters. The summed E-state index contributed by atoms with van der Waals surface area (Å²) in [5.41, 5.74) is 1.63. The first-order valence-corrected chi connectivity index (χ1v) is 15.1. The lowest BCUT2D eigenvalue weighted by molar-refractivity contribution is -0.128. The predicted molar refractivity (Wildman–Crippen MR) is 168 cm³/mol. The Morgan fingerprint density at radius 3 is 2.65 bits per heavy atom. The average molecular weight is 624 g/mol. The van der Waals surface area contributed by atoms with Crippen LogP contribution in [0.5, 0.6) is 0 Å². The van der Waals surface area contributed by atoms with E-state index in [2.05, 4.69) is 26.9 Å². The highest BCUT2D eigenvalue weighted by Crippen LogP contribution is 2.37. The third kappa shape index (κ3) is 4.56. The van der Waals surface area contributed by atoms with Gasteiger partial charge in [0.2, 0.25) is 5.91 Å². The van der Waals surface area contributed by atoms with E-state index in [1.165, 1.54) is 33.5 Å². The Morgan fingerprint density at radius 2 is 1.89 bits per heavy atom. The molecule has 7 rings (SSSR count). The Morgan fingerprint density at radius 1 is 1.09 bits per heavy atom. The van der Waals surface area contributed by atoms with E-state index >= 15 is 8.78 Å². The van der Waals surface area contributed by atoms with Crippen LogP contribution in [0.2, 0.25) is 0 Å². The van der Waals surface area contributed by atoms with Crippen LogP contribution in [0.4, 0.5) is 14.6 Å². The highest BCUT2D eigenvalue weighted by atomic mass is 19.1. The first-order valence-electron chi connectivity index (χ1n) is 15.1. The maximum absolute atomic E-state index is 16.4. The molecule has 2 aliphatic rings. The van der Waals surface area contributed by atoms with E-state index in [9.17, 15) is 9.59 Å². The van der Waals surface area contributed by atoms with E-state index in [0.29, 0.717) is 30.2 Å². The van der Waals surface area contributed by atoms with E-state index in [1.807, 2.05) is 32.6 Å². The van der Waals surface area contributed by atoms with Crippen LogP contribution < -0.4 is 10.6 Å². The van der Waals surface area contributed by atoms with Crippen LogP contribution in [0.3, 0.4) is 0 Å². The molecule has 5 aromatic rings. The molecular formula is C33H31F2N9O2. The van der Waals surface area contributed by atoms with Crippen molar-refractivity contribution in [3.05, 3.63) is 94.5 Å². The maximum atomic E-state index is 16.4. The van der Waals surface area contributed by atoms with Crippen LogP contribution in [0.25, 0.3) is 33.7 Å². The monoisotopic (exact) mass is 623 g/mol. The van der Waals surface area contributed by atoms with Crippen LogP contribution in [0, 0.1) is 11.6 Å². The fourth-order valence-corrected chi connectivity index (χ4v) is 6.51. The Labute approximate surface area is 262 Å². The van der Waals surface area contributed by atoms with Crippen LogP contribution in [0.1, 0.15) is 50.6 Å². The summed E-state index contributed by atoms with van der Waals surface area (Å²) in [4.78, 5) is 44.4. The number of piperazine rings is 1. The van der Waals surface area contributed by atoms with Gasteiger partial charge in [0.25, 0.3) is 0 Å². The molecule has 6 heterocycles. The Hall–Kier alpha value is -5.33. The number of carbonyl (C=O) groups excluding carboxylic acids is 1. The smallest absolute Gasteiger partial charge is 0.349 e. The largest absolute Gasteiger partial charge is 0.355 e. The minimum atomic E-state index is -0.804. The molecule has 0 aliphatic carbocycles. The van der Waals surface area contributed by atoms with Gasteiger partial charge < -0.3 is 9.80 Å². The van der Waals surface area contributed by atoms with Crippen molar-refractivity contribution in [3.8, 4) is 22.6 Å². The van der Waals surface area contributed by atoms with Crippen LogP contribution in [-0.2, 0) is 11.2 Å². The number of hydrogen-bond donors (Lipinski definition) is 0. The molecule has 2 aliphatic heterocycles. The molecule has 13 heteroatoms. The first kappa shape index (κ1) is 29.4. The number of carbonyl (C=O) groups is 1. The standard InChI is InChI=1S/C33H31F2N9O2/c1-6-26(45)41-14-19(5)42(15-18(41)4)31-22-13-24(35)29-27-23(34)8-7-9-25(27)43-16-21(39-40-43)12-20-10-11-36-28(17(2)3)30(20)44(32(22)37-29)33(46)38-31/h6-11,13,16-19H,1,12,14-15H2,2-5H3/t18-,19+/m1/s1. The summed E-state index contributed by atoms with van der Waals surface area (Å²) < 4.78 is 34.8. The summed E-state index contributed by atoms with van der Waals surface area (Å²) in [6, 6.07) is 6.87. The van der Waals surface area contributed by atoms with E-state index < -0.39 is 17.3 Å². The van der Waals surface area contributed by atoms with E-state index in [1.54, 1.807) is 29.4 Å². The second-order valence-electron chi connectivity index (χ2n) is 12.1. The average Bonchev–Trinajstić information content (AvgIpc) is 3.49. The minimum absolute atomic E-state index is 0.104. The summed E-state index contributed by atoms with van der Waals surface area (Å²) in [5, 5.41) is 8.81. The lowest BCUT2D eigenvalue weighted by Crippen LogP contribution is -2.58. The highest BCUT2D eigenvalue weighted by Gasteiger charge is 2.34. The van der Waals surface area contributed by atoms with Gasteiger partial charge in [-0.1, -0.05) is 31.7 Å². The molecule has 4 aromatic heterocycles. The number of benzene rings is 1. The molecule has 11 nitrogen and oxygen atoms in total. The molecule has 46 heavy (non-hydrogen) atoms. The summed E-state index contributed by atoms with van der Waals surface area (Å²) in [6.07, 6.45) is 4.88. The van der Waals surface area contributed by atoms with Gasteiger partial charge in [-0.25, -0.2) is 27.8 Å². The number of aromatic nitrogens is 7. The second-order valence-corrected chi connectivity index (χ2v) is 12.1. The van der Waals surface area contributed by atoms with Crippen molar-refractivity contribution in [1.29, 1.82) is 0 Å². The van der Waals surface area contributed by atoms with Gasteiger partial charge in [-0.2, -0.15) is 4.98 Å². The number of anilines is 1. The molecule has 0 N–H and O–H groups in total. The van der Waals surface area contributed by atoms with Gasteiger partial charge in [-0.3, -0.25) is 9.78 Å². The zero-order valence-electron chi connectivity index (χ0n) is 25.8. The van der Waals surface area contributed by atoms with Crippen molar-refractivity contribution >= 4 is 22.8 Å². The Bertz CT molecular complexity index is 2120. The van der Waals surface area contributed by atoms with Crippen molar-refractivity contribution in [2.45, 2.75) is 52.1 Å². The number of rotatable bonds is 3. The SMILES string of the molecule is C=CC(=O)N1C[C@H](C)N(c2nc(=O)n3c4nc(c(F)cc24)-c2c(F)cccc2-n2cc(nn2)Cc2ccnc(C(C)C)c2-3)C[C@H]1C. The summed E-state index contributed by atoms with van der Waals surface area (Å²) in [7, 11) is 0. The Balaban J connectivity index is 1.58. The van der Waals surface area contributed by atoms with Crippen molar-refractivity contribution in [1.82, 2.24) is 39.4 Å². The van der Waals surface area contributed by atoms with Gasteiger partial charge >= 0.3 is 5.69 Å². The number of fused-ring (bicyclic) bond motifs is 8. The topological polar surface area (TPSA) is 115 Å². The zero-order valence-corrected chi connectivity index (χ0v) is 25.8. The van der Waals surface area contributed by atoms with Gasteiger partial charge in [-0.15, -0.1) is 5.10 Å². The molecule has 0 unspecified atom stereocenters. The molecule has 1 amide bonds. The molecule has 4 bridgehead atoms.